The zero-order valence-corrected chi connectivity index (χ0v) is 11.1. The molecule has 0 unspecified atom stereocenters. The smallest absolute Gasteiger partial charge is 0.264 e. The molecule has 2 heterocycles. The van der Waals surface area contributed by atoms with Gasteiger partial charge in [0.15, 0.2) is 0 Å². The molecule has 0 radical (unpaired) electrons. The van der Waals surface area contributed by atoms with Crippen molar-refractivity contribution >= 4 is 29.3 Å². The van der Waals surface area contributed by atoms with E-state index in [0.717, 1.165) is 4.90 Å². The van der Waals surface area contributed by atoms with Gasteiger partial charge in [0.05, 0.1) is 11.1 Å². The Morgan fingerprint density at radius 1 is 1.14 bits per heavy atom. The van der Waals surface area contributed by atoms with E-state index < -0.39 is 29.7 Å². The van der Waals surface area contributed by atoms with Crippen LogP contribution in [0.4, 0.5) is 5.69 Å². The summed E-state index contributed by atoms with van der Waals surface area (Å²) in [6.45, 7) is 0. The molecule has 7 nitrogen and oxygen atoms in total. The summed E-state index contributed by atoms with van der Waals surface area (Å²) >= 11 is 0. The first-order valence-corrected chi connectivity index (χ1v) is 6.61. The summed E-state index contributed by atoms with van der Waals surface area (Å²) in [5.74, 6) is -2.14. The maximum absolute atomic E-state index is 12.4. The van der Waals surface area contributed by atoms with Crippen molar-refractivity contribution in [1.82, 2.24) is 10.2 Å². The highest BCUT2D eigenvalue weighted by Gasteiger charge is 2.44. The van der Waals surface area contributed by atoms with Crippen molar-refractivity contribution in [3.8, 4) is 0 Å². The van der Waals surface area contributed by atoms with Crippen LogP contribution in [0.3, 0.4) is 0 Å². The van der Waals surface area contributed by atoms with Crippen molar-refractivity contribution < 1.29 is 19.2 Å². The number of imide groups is 2. The van der Waals surface area contributed by atoms with Gasteiger partial charge in [-0.25, -0.2) is 0 Å². The molecule has 0 aromatic heterocycles. The number of amides is 4. The summed E-state index contributed by atoms with van der Waals surface area (Å²) in [6, 6.07) is 3.65. The van der Waals surface area contributed by atoms with Gasteiger partial charge >= 0.3 is 0 Å². The van der Waals surface area contributed by atoms with Gasteiger partial charge in [-0.3, -0.25) is 29.4 Å². The molecule has 1 aromatic rings. The second-order valence-electron chi connectivity index (χ2n) is 5.07. The Balaban J connectivity index is 2.00. The fraction of sp³-hybridized carbons (Fsp3) is 0.286. The first-order valence-electron chi connectivity index (χ1n) is 6.61. The number of carbonyl (C=O) groups is 4. The van der Waals surface area contributed by atoms with E-state index in [1.165, 1.54) is 12.1 Å². The number of nitrogen functional groups attached to an aromatic ring is 1. The Kier molecular flexibility index (Phi) is 2.97. The highest BCUT2D eigenvalue weighted by molar-refractivity contribution is 6.25. The van der Waals surface area contributed by atoms with Crippen molar-refractivity contribution in [2.75, 3.05) is 5.73 Å². The predicted molar refractivity (Wildman–Crippen MR) is 72.1 cm³/mol. The van der Waals surface area contributed by atoms with Crippen LogP contribution in [0.25, 0.3) is 0 Å². The molecule has 2 aliphatic heterocycles. The number of benzene rings is 1. The number of hydrogen-bond donors (Lipinski definition) is 2. The monoisotopic (exact) mass is 287 g/mol. The molecule has 2 aliphatic rings. The summed E-state index contributed by atoms with van der Waals surface area (Å²) in [4.78, 5) is 49.1. The number of hydrogen-bond acceptors (Lipinski definition) is 5. The highest BCUT2D eigenvalue weighted by atomic mass is 16.2. The lowest BCUT2D eigenvalue weighted by Gasteiger charge is -2.23. The van der Waals surface area contributed by atoms with E-state index in [0.29, 0.717) is 6.42 Å². The fourth-order valence-electron chi connectivity index (χ4n) is 2.73. The van der Waals surface area contributed by atoms with Gasteiger partial charge in [-0.15, -0.1) is 0 Å². The van der Waals surface area contributed by atoms with E-state index in [9.17, 15) is 19.2 Å². The summed E-state index contributed by atoms with van der Waals surface area (Å²) < 4.78 is 0. The SMILES string of the molecule is Nc1cccc2c1C(=O)N([C@@H]1CCCC(=O)NC1=O)C2=O. The number of rotatable bonds is 1. The minimum absolute atomic E-state index is 0.130. The first kappa shape index (κ1) is 13.3. The van der Waals surface area contributed by atoms with Gasteiger partial charge in [0.25, 0.3) is 11.8 Å². The Bertz CT molecular complexity index is 683. The van der Waals surface area contributed by atoms with Crippen molar-refractivity contribution in [2.45, 2.75) is 25.3 Å². The summed E-state index contributed by atoms with van der Waals surface area (Å²) in [5.41, 5.74) is 6.28. The zero-order chi connectivity index (χ0) is 15.1. The largest absolute Gasteiger partial charge is 0.398 e. The molecule has 1 aromatic carbocycles. The molecule has 1 fully saturated rings. The van der Waals surface area contributed by atoms with Crippen molar-refractivity contribution in [3.05, 3.63) is 29.3 Å². The summed E-state index contributed by atoms with van der Waals surface area (Å²) in [5, 5.41) is 2.20. The lowest BCUT2D eigenvalue weighted by Crippen LogP contribution is -2.49. The van der Waals surface area contributed by atoms with Crippen LogP contribution in [-0.4, -0.2) is 34.6 Å². The maximum atomic E-state index is 12.4. The molecule has 1 saturated heterocycles. The number of anilines is 1. The fourth-order valence-corrected chi connectivity index (χ4v) is 2.73. The Morgan fingerprint density at radius 2 is 1.90 bits per heavy atom. The highest BCUT2D eigenvalue weighted by Crippen LogP contribution is 2.30. The van der Waals surface area contributed by atoms with Gasteiger partial charge < -0.3 is 5.73 Å². The minimum Gasteiger partial charge on any atom is -0.398 e. The number of nitrogens with two attached hydrogens (primary N) is 1. The molecule has 0 spiro atoms. The second kappa shape index (κ2) is 4.69. The second-order valence-corrected chi connectivity index (χ2v) is 5.07. The molecule has 0 saturated carbocycles. The molecule has 21 heavy (non-hydrogen) atoms. The van der Waals surface area contributed by atoms with Crippen LogP contribution in [0, 0.1) is 0 Å². The summed E-state index contributed by atoms with van der Waals surface area (Å²) in [7, 11) is 0. The predicted octanol–water partition coefficient (Wildman–Crippen LogP) is 0.0601. The van der Waals surface area contributed by atoms with Crippen LogP contribution < -0.4 is 11.1 Å². The molecule has 3 rings (SSSR count). The van der Waals surface area contributed by atoms with E-state index in [1.807, 2.05) is 0 Å². The van der Waals surface area contributed by atoms with E-state index in [-0.39, 0.29) is 29.7 Å². The van der Waals surface area contributed by atoms with Crippen LogP contribution in [0.1, 0.15) is 40.0 Å². The maximum Gasteiger partial charge on any atom is 0.264 e. The molecule has 0 aliphatic carbocycles. The van der Waals surface area contributed by atoms with Crippen molar-refractivity contribution in [2.24, 2.45) is 0 Å². The van der Waals surface area contributed by atoms with Gasteiger partial charge in [-0.2, -0.15) is 0 Å². The molecule has 0 bridgehead atoms. The Hall–Kier alpha value is -2.70. The molecule has 4 amide bonds. The van der Waals surface area contributed by atoms with Crippen LogP contribution in [-0.2, 0) is 9.59 Å². The lowest BCUT2D eigenvalue weighted by atomic mass is 10.1. The van der Waals surface area contributed by atoms with E-state index in [4.69, 9.17) is 5.73 Å². The zero-order valence-electron chi connectivity index (χ0n) is 11.1. The van der Waals surface area contributed by atoms with Crippen LogP contribution in [0.5, 0.6) is 0 Å². The van der Waals surface area contributed by atoms with Crippen LogP contribution in [0.15, 0.2) is 18.2 Å². The third kappa shape index (κ3) is 1.97. The number of fused-ring (bicyclic) bond motifs is 1. The van der Waals surface area contributed by atoms with Crippen molar-refractivity contribution in [3.63, 3.8) is 0 Å². The average Bonchev–Trinajstić information content (AvgIpc) is 2.57. The normalized spacial score (nSPS) is 22.1. The van der Waals surface area contributed by atoms with Gasteiger partial charge in [0.2, 0.25) is 11.8 Å². The van der Waals surface area contributed by atoms with Crippen LogP contribution >= 0.6 is 0 Å². The number of carbonyl (C=O) groups excluding carboxylic acids is 4. The van der Waals surface area contributed by atoms with Gasteiger partial charge in [-0.05, 0) is 25.0 Å². The Labute approximate surface area is 120 Å². The van der Waals surface area contributed by atoms with E-state index >= 15 is 0 Å². The van der Waals surface area contributed by atoms with Crippen molar-refractivity contribution in [1.29, 1.82) is 0 Å². The molecule has 1 atom stereocenters. The molecular formula is C14H13N3O4. The van der Waals surface area contributed by atoms with Gasteiger partial charge in [-0.1, -0.05) is 6.07 Å². The molecular weight excluding hydrogens is 274 g/mol. The van der Waals surface area contributed by atoms with E-state index in [2.05, 4.69) is 5.32 Å². The Morgan fingerprint density at radius 3 is 2.62 bits per heavy atom. The third-order valence-electron chi connectivity index (χ3n) is 3.74. The molecule has 3 N–H and O–H groups in total. The average molecular weight is 287 g/mol. The minimum atomic E-state index is -0.969. The van der Waals surface area contributed by atoms with E-state index in [1.54, 1.807) is 6.07 Å². The quantitative estimate of drug-likeness (QED) is 0.560. The summed E-state index contributed by atoms with van der Waals surface area (Å²) in [6.07, 6.45) is 0.904. The topological polar surface area (TPSA) is 110 Å². The number of nitrogens with zero attached hydrogens (tertiary/aromatic N) is 1. The third-order valence-corrected chi connectivity index (χ3v) is 3.74. The van der Waals surface area contributed by atoms with Crippen LogP contribution in [0.2, 0.25) is 0 Å². The standard InChI is InChI=1S/C14H13N3O4/c15-8-4-1-3-7-11(8)14(21)17(13(7)20)9-5-2-6-10(18)16-12(9)19/h1,3-4,9H,2,5-6,15H2,(H,16,18,19)/t9-/m1/s1. The molecule has 108 valence electrons. The van der Waals surface area contributed by atoms with Gasteiger partial charge in [0.1, 0.15) is 6.04 Å². The lowest BCUT2D eigenvalue weighted by molar-refractivity contribution is -0.131. The first-order chi connectivity index (χ1) is 10.0. The molecule has 7 heteroatoms. The number of nitrogens with one attached hydrogen (secondary N) is 1. The van der Waals surface area contributed by atoms with Gasteiger partial charge in [0, 0.05) is 12.1 Å².